The Morgan fingerprint density at radius 3 is 2.19 bits per heavy atom. The molecule has 2 aromatic rings. The van der Waals surface area contributed by atoms with Crippen LogP contribution in [0.15, 0.2) is 47.6 Å². The second-order valence-electron chi connectivity index (χ2n) is 6.39. The van der Waals surface area contributed by atoms with Crippen LogP contribution in [0.4, 0.5) is 0 Å². The third kappa shape index (κ3) is 3.56. The number of rotatable bonds is 3. The summed E-state index contributed by atoms with van der Waals surface area (Å²) in [4.78, 5) is 14.4. The average molecular weight is 375 g/mol. The number of benzene rings is 1. The van der Waals surface area contributed by atoms with Crippen molar-refractivity contribution in [2.75, 3.05) is 26.2 Å². The van der Waals surface area contributed by atoms with Gasteiger partial charge in [0.2, 0.25) is 10.0 Å². The smallest absolute Gasteiger partial charge is 0.254 e. The van der Waals surface area contributed by atoms with Crippen molar-refractivity contribution in [3.63, 3.8) is 0 Å². The second kappa shape index (κ2) is 7.05. The standard InChI is InChI=1S/C18H21N3O4S/c1-14-3-4-17(13-15(14)2)26(24,25)21-11-9-19(10-12-21)18(22)16-5-7-20(23)8-6-16/h3-8,13H,9-12H2,1-2H3. The molecule has 1 aliphatic rings. The van der Waals surface area contributed by atoms with Crippen LogP contribution in [0.25, 0.3) is 0 Å². The molecular weight excluding hydrogens is 354 g/mol. The van der Waals surface area contributed by atoms with E-state index in [9.17, 15) is 18.4 Å². The van der Waals surface area contributed by atoms with E-state index in [4.69, 9.17) is 0 Å². The number of hydrogen-bond acceptors (Lipinski definition) is 4. The molecule has 1 saturated heterocycles. The fraction of sp³-hybridized carbons (Fsp3) is 0.333. The maximum absolute atomic E-state index is 12.8. The van der Waals surface area contributed by atoms with Gasteiger partial charge in [0.1, 0.15) is 0 Å². The summed E-state index contributed by atoms with van der Waals surface area (Å²) < 4.78 is 27.7. The molecule has 8 heteroatoms. The number of amides is 1. The Kier molecular flexibility index (Phi) is 4.97. The molecule has 1 aromatic carbocycles. The van der Waals surface area contributed by atoms with Crippen molar-refractivity contribution in [3.8, 4) is 0 Å². The molecule has 0 aliphatic carbocycles. The third-order valence-corrected chi connectivity index (χ3v) is 6.59. The van der Waals surface area contributed by atoms with E-state index in [0.29, 0.717) is 23.4 Å². The van der Waals surface area contributed by atoms with Crippen LogP contribution in [0.3, 0.4) is 0 Å². The van der Waals surface area contributed by atoms with Gasteiger partial charge in [-0.1, -0.05) is 6.07 Å². The lowest BCUT2D eigenvalue weighted by molar-refractivity contribution is -0.605. The number of aromatic nitrogens is 1. The van der Waals surface area contributed by atoms with Crippen LogP contribution in [0.5, 0.6) is 0 Å². The number of sulfonamides is 1. The van der Waals surface area contributed by atoms with Gasteiger partial charge >= 0.3 is 0 Å². The fourth-order valence-electron chi connectivity index (χ4n) is 2.89. The minimum atomic E-state index is -3.57. The molecule has 0 radical (unpaired) electrons. The van der Waals surface area contributed by atoms with Crippen LogP contribution in [0, 0.1) is 19.1 Å². The molecule has 26 heavy (non-hydrogen) atoms. The minimum absolute atomic E-state index is 0.200. The molecule has 0 atom stereocenters. The summed E-state index contributed by atoms with van der Waals surface area (Å²) >= 11 is 0. The first-order chi connectivity index (χ1) is 12.3. The average Bonchev–Trinajstić information content (AvgIpc) is 2.64. The first-order valence-electron chi connectivity index (χ1n) is 8.34. The fourth-order valence-corrected chi connectivity index (χ4v) is 4.40. The highest BCUT2D eigenvalue weighted by atomic mass is 32.2. The summed E-state index contributed by atoms with van der Waals surface area (Å²) in [6.45, 7) is 4.94. The zero-order valence-electron chi connectivity index (χ0n) is 14.8. The van der Waals surface area contributed by atoms with Crippen molar-refractivity contribution < 1.29 is 17.9 Å². The summed E-state index contributed by atoms with van der Waals surface area (Å²) in [6.07, 6.45) is 2.54. The van der Waals surface area contributed by atoms with E-state index in [2.05, 4.69) is 0 Å². The molecular formula is C18H21N3O4S. The molecule has 3 rings (SSSR count). The highest BCUT2D eigenvalue weighted by Gasteiger charge is 2.30. The van der Waals surface area contributed by atoms with Gasteiger partial charge in [-0.05, 0) is 37.1 Å². The van der Waals surface area contributed by atoms with E-state index in [1.54, 1.807) is 23.1 Å². The molecule has 7 nitrogen and oxygen atoms in total. The van der Waals surface area contributed by atoms with E-state index < -0.39 is 10.0 Å². The number of pyridine rings is 1. The van der Waals surface area contributed by atoms with Gasteiger partial charge in [0, 0.05) is 38.3 Å². The maximum Gasteiger partial charge on any atom is 0.254 e. The number of carbonyl (C=O) groups excluding carboxylic acids is 1. The van der Waals surface area contributed by atoms with Crippen LogP contribution in [-0.4, -0.2) is 49.7 Å². The predicted molar refractivity (Wildman–Crippen MR) is 96.0 cm³/mol. The highest BCUT2D eigenvalue weighted by molar-refractivity contribution is 7.89. The lowest BCUT2D eigenvalue weighted by atomic mass is 10.1. The maximum atomic E-state index is 12.8. The Balaban J connectivity index is 1.70. The van der Waals surface area contributed by atoms with Gasteiger partial charge in [0.15, 0.2) is 12.4 Å². The van der Waals surface area contributed by atoms with Gasteiger partial charge in [-0.3, -0.25) is 4.79 Å². The van der Waals surface area contributed by atoms with E-state index in [1.165, 1.54) is 28.8 Å². The summed E-state index contributed by atoms with van der Waals surface area (Å²) in [6, 6.07) is 8.04. The zero-order valence-corrected chi connectivity index (χ0v) is 15.6. The number of nitrogens with zero attached hydrogens (tertiary/aromatic N) is 3. The van der Waals surface area contributed by atoms with Crippen molar-refractivity contribution in [3.05, 3.63) is 64.6 Å². The summed E-state index contributed by atoms with van der Waals surface area (Å²) in [5, 5.41) is 11.1. The Hall–Kier alpha value is -2.45. The van der Waals surface area contributed by atoms with Crippen molar-refractivity contribution in [1.82, 2.24) is 9.21 Å². The highest BCUT2D eigenvalue weighted by Crippen LogP contribution is 2.21. The van der Waals surface area contributed by atoms with Crippen molar-refractivity contribution in [2.45, 2.75) is 18.7 Å². The molecule has 0 N–H and O–H groups in total. The number of carbonyl (C=O) groups is 1. The van der Waals surface area contributed by atoms with E-state index in [0.717, 1.165) is 11.1 Å². The van der Waals surface area contributed by atoms with Crippen LogP contribution in [0.1, 0.15) is 21.5 Å². The summed E-state index contributed by atoms with van der Waals surface area (Å²) in [5.41, 5.74) is 2.39. The van der Waals surface area contributed by atoms with Gasteiger partial charge < -0.3 is 10.1 Å². The quantitative estimate of drug-likeness (QED) is 0.594. The van der Waals surface area contributed by atoms with Crippen molar-refractivity contribution in [1.29, 1.82) is 0 Å². The molecule has 0 saturated carbocycles. The third-order valence-electron chi connectivity index (χ3n) is 4.69. The molecule has 1 amide bonds. The van der Waals surface area contributed by atoms with Gasteiger partial charge in [-0.15, -0.1) is 0 Å². The van der Waals surface area contributed by atoms with Gasteiger partial charge in [-0.2, -0.15) is 9.04 Å². The molecule has 0 spiro atoms. The lowest BCUT2D eigenvalue weighted by Crippen LogP contribution is -2.50. The largest absolute Gasteiger partial charge is 0.619 e. The Morgan fingerprint density at radius 2 is 1.62 bits per heavy atom. The van der Waals surface area contributed by atoms with Crippen LogP contribution in [0.2, 0.25) is 0 Å². The van der Waals surface area contributed by atoms with E-state index in [-0.39, 0.29) is 23.9 Å². The molecule has 138 valence electrons. The SMILES string of the molecule is Cc1ccc(S(=O)(=O)N2CCN(C(=O)c3cc[n+]([O-])cc3)CC2)cc1C. The monoisotopic (exact) mass is 375 g/mol. The molecule has 1 aliphatic heterocycles. The summed E-state index contributed by atoms with van der Waals surface area (Å²) in [7, 11) is -3.57. The van der Waals surface area contributed by atoms with Gasteiger partial charge in [-0.25, -0.2) is 8.42 Å². The normalized spacial score (nSPS) is 15.8. The van der Waals surface area contributed by atoms with Gasteiger partial charge in [0.05, 0.1) is 10.5 Å². The number of aryl methyl sites for hydroxylation is 2. The molecule has 0 bridgehead atoms. The predicted octanol–water partition coefficient (Wildman–Crippen LogP) is 1.08. The molecule has 1 fully saturated rings. The lowest BCUT2D eigenvalue weighted by Gasteiger charge is -2.34. The molecule has 1 aromatic heterocycles. The van der Waals surface area contributed by atoms with Crippen LogP contribution in [-0.2, 0) is 10.0 Å². The first-order valence-corrected chi connectivity index (χ1v) is 9.78. The summed E-state index contributed by atoms with van der Waals surface area (Å²) in [5.74, 6) is -0.200. The van der Waals surface area contributed by atoms with E-state index >= 15 is 0 Å². The molecule has 0 unspecified atom stereocenters. The minimum Gasteiger partial charge on any atom is -0.619 e. The van der Waals surface area contributed by atoms with Crippen molar-refractivity contribution >= 4 is 15.9 Å². The van der Waals surface area contributed by atoms with Crippen molar-refractivity contribution in [2.24, 2.45) is 0 Å². The second-order valence-corrected chi connectivity index (χ2v) is 8.33. The Morgan fingerprint density at radius 1 is 1.00 bits per heavy atom. The number of hydrogen-bond donors (Lipinski definition) is 0. The zero-order chi connectivity index (χ0) is 18.9. The van der Waals surface area contributed by atoms with Crippen LogP contribution >= 0.6 is 0 Å². The topological polar surface area (TPSA) is 84.6 Å². The van der Waals surface area contributed by atoms with Crippen LogP contribution < -0.4 is 4.73 Å². The van der Waals surface area contributed by atoms with Gasteiger partial charge in [0.25, 0.3) is 5.91 Å². The number of piperazine rings is 1. The Bertz CT molecular complexity index is 918. The van der Waals surface area contributed by atoms with E-state index in [1.807, 2.05) is 13.8 Å². The molecule has 2 heterocycles. The Labute approximate surface area is 153 Å². The first kappa shape index (κ1) is 18.3.